The minimum Gasteiger partial charge on any atom is -0.462 e. The van der Waals surface area contributed by atoms with Crippen LogP contribution in [0.4, 0.5) is 0 Å². The topological polar surface area (TPSA) is 54.0 Å². The maximum absolute atomic E-state index is 11.2. The summed E-state index contributed by atoms with van der Waals surface area (Å²) in [5.74, 6) is -0.311. The Labute approximate surface area is 137 Å². The maximum atomic E-state index is 11.2. The molecule has 6 heteroatoms. The first kappa shape index (κ1) is 21.3. The number of rotatable bonds is 15. The number of esters is 1. The lowest BCUT2D eigenvalue weighted by molar-refractivity contribution is -0.247. The van der Waals surface area contributed by atoms with Crippen molar-refractivity contribution in [1.29, 1.82) is 0 Å². The van der Waals surface area contributed by atoms with Gasteiger partial charge in [0.05, 0.1) is 19.8 Å². The number of carbonyl (C=O) groups excluding carboxylic acids is 1. The van der Waals surface area contributed by atoms with Crippen LogP contribution in [0.2, 0.25) is 6.04 Å². The Morgan fingerprint density at radius 1 is 1.05 bits per heavy atom. The van der Waals surface area contributed by atoms with E-state index < -0.39 is 6.48 Å². The van der Waals surface area contributed by atoms with E-state index in [1.54, 1.807) is 6.92 Å². The van der Waals surface area contributed by atoms with Gasteiger partial charge in [-0.1, -0.05) is 33.3 Å². The highest BCUT2D eigenvalue weighted by Crippen LogP contribution is 2.05. The van der Waals surface area contributed by atoms with E-state index in [9.17, 15) is 4.79 Å². The second-order valence-corrected chi connectivity index (χ2v) is 6.04. The third-order valence-electron chi connectivity index (χ3n) is 2.60. The van der Waals surface area contributed by atoms with Crippen molar-refractivity contribution in [3.63, 3.8) is 0 Å². The Balaban J connectivity index is 3.51. The summed E-state index contributed by atoms with van der Waals surface area (Å²) in [6.45, 7) is 10.5. The van der Waals surface area contributed by atoms with Crippen molar-refractivity contribution in [2.45, 2.75) is 65.4 Å². The van der Waals surface area contributed by atoms with Crippen LogP contribution in [0.3, 0.4) is 0 Å². The largest absolute Gasteiger partial charge is 0.462 e. The van der Waals surface area contributed by atoms with Gasteiger partial charge in [-0.15, -0.1) is 0 Å². The van der Waals surface area contributed by atoms with Crippen molar-refractivity contribution in [1.82, 2.24) is 0 Å². The van der Waals surface area contributed by atoms with Gasteiger partial charge in [-0.25, -0.2) is 4.79 Å². The average Bonchev–Trinajstić information content (AvgIpc) is 2.51. The number of ether oxygens (including phenoxy) is 3. The van der Waals surface area contributed by atoms with Gasteiger partial charge in [0.2, 0.25) is 9.76 Å². The van der Waals surface area contributed by atoms with Crippen molar-refractivity contribution in [3.8, 4) is 0 Å². The summed E-state index contributed by atoms with van der Waals surface area (Å²) in [6.07, 6.45) is 4.81. The molecule has 0 bridgehead atoms. The highest BCUT2D eigenvalue weighted by molar-refractivity contribution is 6.27. The Hall–Kier alpha value is -0.693. The molecule has 0 heterocycles. The number of hydrogen-bond donors (Lipinski definition) is 0. The standard InChI is InChI=1S/C16H30O5Si/c1-5-10-19-16(20-11-6-2)21-22-13-9-7-8-12-18-15(17)14(3)4/h16H,3,5-13H2,1-2,4H3. The Morgan fingerprint density at radius 2 is 1.68 bits per heavy atom. The van der Waals surface area contributed by atoms with E-state index in [1.165, 1.54) is 0 Å². The van der Waals surface area contributed by atoms with Gasteiger partial charge in [-0.3, -0.25) is 0 Å². The van der Waals surface area contributed by atoms with Gasteiger partial charge in [-0.2, -0.15) is 0 Å². The highest BCUT2D eigenvalue weighted by Gasteiger charge is 2.09. The van der Waals surface area contributed by atoms with Gasteiger partial charge < -0.3 is 18.6 Å². The molecule has 0 fully saturated rings. The predicted octanol–water partition coefficient (Wildman–Crippen LogP) is 3.47. The van der Waals surface area contributed by atoms with Crippen LogP contribution in [0.5, 0.6) is 0 Å². The van der Waals surface area contributed by atoms with E-state index in [1.807, 2.05) is 0 Å². The smallest absolute Gasteiger partial charge is 0.333 e. The molecule has 0 saturated heterocycles. The maximum Gasteiger partial charge on any atom is 0.333 e. The molecule has 0 aromatic heterocycles. The summed E-state index contributed by atoms with van der Waals surface area (Å²) in [4.78, 5) is 11.2. The molecule has 0 saturated carbocycles. The summed E-state index contributed by atoms with van der Waals surface area (Å²) in [5, 5.41) is 0. The zero-order chi connectivity index (χ0) is 16.6. The minimum absolute atomic E-state index is 0.311. The quantitative estimate of drug-likeness (QED) is 0.151. The van der Waals surface area contributed by atoms with Gasteiger partial charge in [0.25, 0.3) is 6.48 Å². The van der Waals surface area contributed by atoms with Crippen LogP contribution in [-0.2, 0) is 23.4 Å². The van der Waals surface area contributed by atoms with Crippen LogP contribution < -0.4 is 0 Å². The summed E-state index contributed by atoms with van der Waals surface area (Å²) in [6, 6.07) is 0.968. The normalized spacial score (nSPS) is 10.9. The van der Waals surface area contributed by atoms with E-state index >= 15 is 0 Å². The summed E-state index contributed by atoms with van der Waals surface area (Å²) in [5.41, 5.74) is 0.445. The van der Waals surface area contributed by atoms with Crippen molar-refractivity contribution < 1.29 is 23.4 Å². The van der Waals surface area contributed by atoms with Crippen molar-refractivity contribution in [2.24, 2.45) is 0 Å². The van der Waals surface area contributed by atoms with E-state index in [-0.39, 0.29) is 5.97 Å². The van der Waals surface area contributed by atoms with Crippen molar-refractivity contribution in [3.05, 3.63) is 12.2 Å². The molecule has 0 aromatic rings. The van der Waals surface area contributed by atoms with E-state index in [0.717, 1.165) is 38.1 Å². The number of hydrogen-bond acceptors (Lipinski definition) is 5. The van der Waals surface area contributed by atoms with Crippen LogP contribution in [0.1, 0.15) is 52.9 Å². The molecule has 0 unspecified atom stereocenters. The van der Waals surface area contributed by atoms with Crippen molar-refractivity contribution >= 4 is 15.7 Å². The van der Waals surface area contributed by atoms with Crippen LogP contribution in [-0.4, -0.2) is 42.0 Å². The molecule has 0 aliphatic rings. The number of unbranched alkanes of at least 4 members (excludes halogenated alkanes) is 2. The fourth-order valence-electron chi connectivity index (χ4n) is 1.44. The molecule has 0 aliphatic heterocycles. The molecule has 128 valence electrons. The zero-order valence-electron chi connectivity index (χ0n) is 14.2. The molecule has 0 amide bonds. The lowest BCUT2D eigenvalue weighted by Gasteiger charge is -2.18. The molecule has 0 spiro atoms. The van der Waals surface area contributed by atoms with E-state index in [2.05, 4.69) is 20.4 Å². The summed E-state index contributed by atoms with van der Waals surface area (Å²) < 4.78 is 21.6. The monoisotopic (exact) mass is 330 g/mol. The van der Waals surface area contributed by atoms with Gasteiger partial charge in [0, 0.05) is 5.57 Å². The van der Waals surface area contributed by atoms with Gasteiger partial charge >= 0.3 is 5.97 Å². The molecule has 0 aromatic carbocycles. The average molecular weight is 330 g/mol. The molecule has 22 heavy (non-hydrogen) atoms. The van der Waals surface area contributed by atoms with Gasteiger partial charge in [0.15, 0.2) is 0 Å². The van der Waals surface area contributed by atoms with Gasteiger partial charge in [0.1, 0.15) is 0 Å². The second-order valence-electron chi connectivity index (χ2n) is 5.02. The molecule has 0 atom stereocenters. The lowest BCUT2D eigenvalue weighted by Crippen LogP contribution is -2.23. The first-order chi connectivity index (χ1) is 10.6. The van der Waals surface area contributed by atoms with Gasteiger partial charge in [-0.05, 0) is 32.2 Å². The minimum atomic E-state index is -0.533. The van der Waals surface area contributed by atoms with E-state index in [0.29, 0.717) is 35.2 Å². The molecular weight excluding hydrogens is 300 g/mol. The van der Waals surface area contributed by atoms with Crippen LogP contribution in [0, 0.1) is 0 Å². The van der Waals surface area contributed by atoms with Crippen LogP contribution in [0.15, 0.2) is 12.2 Å². The second kappa shape index (κ2) is 15.2. The molecule has 2 radical (unpaired) electrons. The molecular formula is C16H30O5Si. The number of carbonyl (C=O) groups is 1. The molecule has 0 aliphatic carbocycles. The first-order valence-electron chi connectivity index (χ1n) is 8.06. The summed E-state index contributed by atoms with van der Waals surface area (Å²) in [7, 11) is 0.366. The fraction of sp³-hybridized carbons (Fsp3) is 0.812. The fourth-order valence-corrected chi connectivity index (χ4v) is 2.22. The predicted molar refractivity (Wildman–Crippen MR) is 87.5 cm³/mol. The van der Waals surface area contributed by atoms with Crippen LogP contribution >= 0.6 is 0 Å². The first-order valence-corrected chi connectivity index (χ1v) is 9.17. The Kier molecular flexibility index (Phi) is 14.7. The molecule has 5 nitrogen and oxygen atoms in total. The zero-order valence-corrected chi connectivity index (χ0v) is 15.2. The third-order valence-corrected chi connectivity index (χ3v) is 3.52. The van der Waals surface area contributed by atoms with Crippen LogP contribution in [0.25, 0.3) is 0 Å². The van der Waals surface area contributed by atoms with E-state index in [4.69, 9.17) is 18.6 Å². The Morgan fingerprint density at radius 3 is 2.23 bits per heavy atom. The summed E-state index contributed by atoms with van der Waals surface area (Å²) >= 11 is 0. The highest BCUT2D eigenvalue weighted by atomic mass is 28.2. The Bertz CT molecular complexity index is 288. The SMILES string of the molecule is C=C(C)C(=O)OCCCCC[Si]OC(OCCC)OCCC. The lowest BCUT2D eigenvalue weighted by atomic mass is 10.3. The van der Waals surface area contributed by atoms with Crippen molar-refractivity contribution in [2.75, 3.05) is 19.8 Å². The molecule has 0 N–H and O–H groups in total. The third kappa shape index (κ3) is 13.0. The molecule has 0 rings (SSSR count).